The molecule has 3 nitrogen and oxygen atoms in total. The summed E-state index contributed by atoms with van der Waals surface area (Å²) in [6.07, 6.45) is 2.43. The van der Waals surface area contributed by atoms with Gasteiger partial charge in [-0.3, -0.25) is 9.69 Å². The summed E-state index contributed by atoms with van der Waals surface area (Å²) >= 11 is 0. The third-order valence-electron chi connectivity index (χ3n) is 2.62. The lowest BCUT2D eigenvalue weighted by Gasteiger charge is -2.22. The van der Waals surface area contributed by atoms with E-state index in [-0.39, 0.29) is 5.92 Å². The molecule has 0 amide bonds. The van der Waals surface area contributed by atoms with Crippen molar-refractivity contribution in [2.45, 2.75) is 32.7 Å². The van der Waals surface area contributed by atoms with Gasteiger partial charge in [0.1, 0.15) is 0 Å². The third-order valence-corrected chi connectivity index (χ3v) is 2.62. The fourth-order valence-electron chi connectivity index (χ4n) is 1.69. The number of hydrogen-bond acceptors (Lipinski definition) is 2. The van der Waals surface area contributed by atoms with Crippen molar-refractivity contribution in [1.82, 2.24) is 4.90 Å². The van der Waals surface area contributed by atoms with Crippen LogP contribution in [0.4, 0.5) is 0 Å². The largest absolute Gasteiger partial charge is 0.481 e. The molecule has 1 N–H and O–H groups in total. The lowest BCUT2D eigenvalue weighted by atomic mass is 10.1. The Morgan fingerprint density at radius 3 is 2.83 bits per heavy atom. The molecule has 0 aromatic rings. The number of rotatable bonds is 3. The maximum Gasteiger partial charge on any atom is 0.307 e. The van der Waals surface area contributed by atoms with Crippen LogP contribution in [0.15, 0.2) is 0 Å². The van der Waals surface area contributed by atoms with E-state index in [0.29, 0.717) is 12.6 Å². The van der Waals surface area contributed by atoms with Gasteiger partial charge in [0, 0.05) is 12.6 Å². The molecule has 2 unspecified atom stereocenters. The summed E-state index contributed by atoms with van der Waals surface area (Å²) in [5.74, 6) is -0.917. The lowest BCUT2D eigenvalue weighted by Crippen LogP contribution is -2.33. The van der Waals surface area contributed by atoms with Gasteiger partial charge in [-0.25, -0.2) is 0 Å². The molecule has 0 bridgehead atoms. The lowest BCUT2D eigenvalue weighted by molar-refractivity contribution is -0.141. The predicted octanol–water partition coefficient (Wildman–Crippen LogP) is 1.19. The minimum atomic E-state index is -0.686. The molecule has 2 atom stereocenters. The van der Waals surface area contributed by atoms with Crippen LogP contribution in [0.1, 0.15) is 26.7 Å². The third kappa shape index (κ3) is 2.21. The zero-order valence-corrected chi connectivity index (χ0v) is 7.79. The van der Waals surface area contributed by atoms with E-state index in [0.717, 1.165) is 6.54 Å². The van der Waals surface area contributed by atoms with Gasteiger partial charge in [-0.1, -0.05) is 6.92 Å². The second kappa shape index (κ2) is 3.90. The molecule has 1 rings (SSSR count). The normalized spacial score (nSPS) is 27.3. The van der Waals surface area contributed by atoms with Gasteiger partial charge < -0.3 is 5.11 Å². The van der Waals surface area contributed by atoms with Crippen molar-refractivity contribution in [2.24, 2.45) is 5.92 Å². The molecular weight excluding hydrogens is 154 g/mol. The number of hydrogen-bond donors (Lipinski definition) is 1. The number of carbonyl (C=O) groups is 1. The predicted molar refractivity (Wildman–Crippen MR) is 47.1 cm³/mol. The summed E-state index contributed by atoms with van der Waals surface area (Å²) < 4.78 is 0. The molecule has 0 saturated carbocycles. The molecule has 0 aliphatic carbocycles. The van der Waals surface area contributed by atoms with Gasteiger partial charge in [0.05, 0.1) is 5.92 Å². The number of carboxylic acids is 1. The van der Waals surface area contributed by atoms with Crippen molar-refractivity contribution < 1.29 is 9.90 Å². The van der Waals surface area contributed by atoms with Crippen LogP contribution in [-0.4, -0.2) is 35.1 Å². The van der Waals surface area contributed by atoms with Gasteiger partial charge in [0.2, 0.25) is 0 Å². The van der Waals surface area contributed by atoms with E-state index in [2.05, 4.69) is 11.8 Å². The van der Waals surface area contributed by atoms with E-state index in [1.54, 1.807) is 6.92 Å². The second-order valence-corrected chi connectivity index (χ2v) is 3.73. The number of carboxylic acid groups (broad SMARTS) is 1. The Morgan fingerprint density at radius 2 is 2.42 bits per heavy atom. The minimum absolute atomic E-state index is 0.231. The van der Waals surface area contributed by atoms with Crippen molar-refractivity contribution in [2.75, 3.05) is 13.1 Å². The zero-order chi connectivity index (χ0) is 9.14. The Kier molecular flexibility index (Phi) is 3.09. The topological polar surface area (TPSA) is 40.5 Å². The SMILES string of the molecule is CC(CN1CCCC1C)C(=O)O. The van der Waals surface area contributed by atoms with Crippen LogP contribution >= 0.6 is 0 Å². The molecule has 0 aromatic carbocycles. The first-order valence-corrected chi connectivity index (χ1v) is 4.58. The Morgan fingerprint density at radius 1 is 1.75 bits per heavy atom. The Bertz CT molecular complexity index is 170. The highest BCUT2D eigenvalue weighted by molar-refractivity contribution is 5.69. The molecule has 1 aliphatic heterocycles. The summed E-state index contributed by atoms with van der Waals surface area (Å²) in [6.45, 7) is 5.71. The standard InChI is InChI=1S/C9H17NO2/c1-7(9(11)12)6-10-5-3-4-8(10)2/h7-8H,3-6H2,1-2H3,(H,11,12). The van der Waals surface area contributed by atoms with Crippen LogP contribution in [0.2, 0.25) is 0 Å². The molecule has 0 spiro atoms. The summed E-state index contributed by atoms with van der Waals surface area (Å²) in [7, 11) is 0. The first-order chi connectivity index (χ1) is 5.61. The molecular formula is C9H17NO2. The molecule has 1 heterocycles. The van der Waals surface area contributed by atoms with Gasteiger partial charge in [0.15, 0.2) is 0 Å². The Balaban J connectivity index is 2.35. The zero-order valence-electron chi connectivity index (χ0n) is 7.79. The molecule has 1 aliphatic rings. The van der Waals surface area contributed by atoms with Crippen LogP contribution in [0.5, 0.6) is 0 Å². The number of likely N-dealkylation sites (tertiary alicyclic amines) is 1. The average molecular weight is 171 g/mol. The smallest absolute Gasteiger partial charge is 0.307 e. The molecule has 70 valence electrons. The maximum atomic E-state index is 10.6. The molecule has 12 heavy (non-hydrogen) atoms. The summed E-state index contributed by atoms with van der Waals surface area (Å²) in [5, 5.41) is 8.70. The average Bonchev–Trinajstić information content (AvgIpc) is 2.36. The Hall–Kier alpha value is -0.570. The minimum Gasteiger partial charge on any atom is -0.481 e. The van der Waals surface area contributed by atoms with Gasteiger partial charge in [-0.2, -0.15) is 0 Å². The van der Waals surface area contributed by atoms with Gasteiger partial charge >= 0.3 is 5.97 Å². The van der Waals surface area contributed by atoms with E-state index in [1.807, 2.05) is 0 Å². The van der Waals surface area contributed by atoms with Crippen LogP contribution in [0, 0.1) is 5.92 Å². The molecule has 3 heteroatoms. The van der Waals surface area contributed by atoms with Crippen LogP contribution in [-0.2, 0) is 4.79 Å². The van der Waals surface area contributed by atoms with Crippen molar-refractivity contribution in [3.63, 3.8) is 0 Å². The van der Waals surface area contributed by atoms with Gasteiger partial charge in [-0.05, 0) is 26.3 Å². The first-order valence-electron chi connectivity index (χ1n) is 4.58. The quantitative estimate of drug-likeness (QED) is 0.693. The highest BCUT2D eigenvalue weighted by Gasteiger charge is 2.23. The van der Waals surface area contributed by atoms with E-state index in [4.69, 9.17) is 5.11 Å². The van der Waals surface area contributed by atoms with E-state index >= 15 is 0 Å². The van der Waals surface area contributed by atoms with E-state index in [1.165, 1.54) is 12.8 Å². The van der Waals surface area contributed by atoms with Gasteiger partial charge in [-0.15, -0.1) is 0 Å². The highest BCUT2D eigenvalue weighted by Crippen LogP contribution is 2.17. The van der Waals surface area contributed by atoms with E-state index in [9.17, 15) is 4.79 Å². The first kappa shape index (κ1) is 9.52. The fourth-order valence-corrected chi connectivity index (χ4v) is 1.69. The van der Waals surface area contributed by atoms with Gasteiger partial charge in [0.25, 0.3) is 0 Å². The van der Waals surface area contributed by atoms with Crippen molar-refractivity contribution in [1.29, 1.82) is 0 Å². The van der Waals surface area contributed by atoms with Crippen LogP contribution in [0.3, 0.4) is 0 Å². The van der Waals surface area contributed by atoms with E-state index < -0.39 is 5.97 Å². The van der Waals surface area contributed by atoms with Crippen molar-refractivity contribution in [3.8, 4) is 0 Å². The molecule has 1 saturated heterocycles. The Labute approximate surface area is 73.4 Å². The van der Waals surface area contributed by atoms with Crippen molar-refractivity contribution in [3.05, 3.63) is 0 Å². The summed E-state index contributed by atoms with van der Waals surface area (Å²) in [4.78, 5) is 12.8. The second-order valence-electron chi connectivity index (χ2n) is 3.73. The molecule has 0 aromatic heterocycles. The highest BCUT2D eigenvalue weighted by atomic mass is 16.4. The molecule has 0 radical (unpaired) electrons. The van der Waals surface area contributed by atoms with Crippen LogP contribution < -0.4 is 0 Å². The van der Waals surface area contributed by atoms with Crippen LogP contribution in [0.25, 0.3) is 0 Å². The fraction of sp³-hybridized carbons (Fsp3) is 0.889. The summed E-state index contributed by atoms with van der Waals surface area (Å²) in [6, 6.07) is 0.576. The molecule has 1 fully saturated rings. The maximum absolute atomic E-state index is 10.6. The summed E-state index contributed by atoms with van der Waals surface area (Å²) in [5.41, 5.74) is 0. The van der Waals surface area contributed by atoms with Crippen molar-refractivity contribution >= 4 is 5.97 Å². The monoisotopic (exact) mass is 171 g/mol. The number of nitrogens with zero attached hydrogens (tertiary/aromatic N) is 1. The number of aliphatic carboxylic acids is 1.